The minimum Gasteiger partial charge on any atom is -0.362 e. The van der Waals surface area contributed by atoms with Gasteiger partial charge in [0.2, 0.25) is 5.91 Å². The molecule has 2 N–H and O–H groups in total. The topological polar surface area (TPSA) is 125 Å². The summed E-state index contributed by atoms with van der Waals surface area (Å²) in [6, 6.07) is 10.7. The van der Waals surface area contributed by atoms with Crippen molar-refractivity contribution in [2.24, 2.45) is 0 Å². The highest BCUT2D eigenvalue weighted by Gasteiger charge is 2.26. The van der Waals surface area contributed by atoms with Crippen LogP contribution in [0.5, 0.6) is 0 Å². The number of benzene rings is 2. The van der Waals surface area contributed by atoms with Crippen LogP contribution in [0.3, 0.4) is 0 Å². The van der Waals surface area contributed by atoms with Gasteiger partial charge in [-0.1, -0.05) is 6.07 Å². The van der Waals surface area contributed by atoms with E-state index in [1.807, 2.05) is 4.90 Å². The molecule has 10 nitrogen and oxygen atoms in total. The monoisotopic (exact) mass is 425 g/mol. The number of hydrogen-bond donors (Lipinski definition) is 2. The predicted molar refractivity (Wildman–Crippen MR) is 115 cm³/mol. The molecule has 0 saturated carbocycles. The molecule has 0 radical (unpaired) electrons. The lowest BCUT2D eigenvalue weighted by Gasteiger charge is -2.35. The molecule has 3 amide bonds. The third-order valence-electron chi connectivity index (χ3n) is 5.11. The molecule has 1 fully saturated rings. The molecule has 2 aromatic rings. The number of nitrogens with zero attached hydrogens (tertiary/aromatic N) is 3. The second kappa shape index (κ2) is 9.24. The minimum absolute atomic E-state index is 0.0262. The third-order valence-corrected chi connectivity index (χ3v) is 5.11. The van der Waals surface area contributed by atoms with Crippen molar-refractivity contribution in [1.29, 1.82) is 0 Å². The Kier molecular flexibility index (Phi) is 6.49. The summed E-state index contributed by atoms with van der Waals surface area (Å²) in [6.45, 7) is 3.40. The smallest absolute Gasteiger partial charge is 0.293 e. The summed E-state index contributed by atoms with van der Waals surface area (Å²) >= 11 is 0. The summed E-state index contributed by atoms with van der Waals surface area (Å²) < 4.78 is 0. The Labute approximate surface area is 179 Å². The molecular weight excluding hydrogens is 402 g/mol. The van der Waals surface area contributed by atoms with Crippen molar-refractivity contribution in [2.75, 3.05) is 43.4 Å². The second-order valence-corrected chi connectivity index (χ2v) is 7.07. The zero-order chi connectivity index (χ0) is 22.5. The first kappa shape index (κ1) is 21.8. The average Bonchev–Trinajstić information content (AvgIpc) is 2.78. The quantitative estimate of drug-likeness (QED) is 0.557. The first-order valence-electron chi connectivity index (χ1n) is 9.72. The Bertz CT molecular complexity index is 1030. The second-order valence-electron chi connectivity index (χ2n) is 7.07. The Morgan fingerprint density at radius 2 is 1.65 bits per heavy atom. The van der Waals surface area contributed by atoms with Crippen molar-refractivity contribution < 1.29 is 19.3 Å². The number of amides is 3. The standard InChI is InChI=1S/C21H23N5O5/c1-14(27)24-8-10-25(11-9-24)18-7-6-16(13-19(18)26(30)31)21(29)23-17-5-3-4-15(12-17)20(28)22-2/h3-7,12-13H,8-11H2,1-2H3,(H,22,28)(H,23,29). The Balaban J connectivity index is 1.79. The van der Waals surface area contributed by atoms with Gasteiger partial charge < -0.3 is 20.4 Å². The van der Waals surface area contributed by atoms with E-state index >= 15 is 0 Å². The molecule has 0 unspecified atom stereocenters. The van der Waals surface area contributed by atoms with Gasteiger partial charge in [-0.15, -0.1) is 0 Å². The molecule has 1 heterocycles. The molecule has 0 bridgehead atoms. The summed E-state index contributed by atoms with van der Waals surface area (Å²) in [4.78, 5) is 50.6. The zero-order valence-electron chi connectivity index (χ0n) is 17.3. The highest BCUT2D eigenvalue weighted by Crippen LogP contribution is 2.30. The van der Waals surface area contributed by atoms with Crippen molar-refractivity contribution in [3.05, 3.63) is 63.7 Å². The molecular formula is C21H23N5O5. The fourth-order valence-electron chi connectivity index (χ4n) is 3.43. The zero-order valence-corrected chi connectivity index (χ0v) is 17.3. The van der Waals surface area contributed by atoms with E-state index in [9.17, 15) is 24.5 Å². The highest BCUT2D eigenvalue weighted by atomic mass is 16.6. The number of piperazine rings is 1. The van der Waals surface area contributed by atoms with Crippen molar-refractivity contribution in [1.82, 2.24) is 10.2 Å². The van der Waals surface area contributed by atoms with Crippen molar-refractivity contribution in [2.45, 2.75) is 6.92 Å². The van der Waals surface area contributed by atoms with Gasteiger partial charge in [0.25, 0.3) is 17.5 Å². The van der Waals surface area contributed by atoms with E-state index < -0.39 is 10.8 Å². The molecule has 3 rings (SSSR count). The SMILES string of the molecule is CNC(=O)c1cccc(NC(=O)c2ccc(N3CCN(C(C)=O)CC3)c([N+](=O)[O-])c2)c1. The lowest BCUT2D eigenvalue weighted by molar-refractivity contribution is -0.384. The van der Waals surface area contributed by atoms with E-state index in [-0.39, 0.29) is 23.1 Å². The summed E-state index contributed by atoms with van der Waals surface area (Å²) in [6.07, 6.45) is 0. The molecule has 1 aliphatic heterocycles. The lowest BCUT2D eigenvalue weighted by Crippen LogP contribution is -2.48. The summed E-state index contributed by atoms with van der Waals surface area (Å²) in [7, 11) is 1.51. The first-order chi connectivity index (χ1) is 14.8. The molecule has 31 heavy (non-hydrogen) atoms. The molecule has 1 aliphatic rings. The number of nitro groups is 1. The van der Waals surface area contributed by atoms with Gasteiger partial charge in [0.15, 0.2) is 0 Å². The average molecular weight is 425 g/mol. The van der Waals surface area contributed by atoms with Crippen LogP contribution in [0.25, 0.3) is 0 Å². The maximum atomic E-state index is 12.7. The number of carbonyl (C=O) groups excluding carboxylic acids is 3. The Morgan fingerprint density at radius 3 is 2.26 bits per heavy atom. The van der Waals surface area contributed by atoms with Crippen LogP contribution in [-0.4, -0.2) is 60.8 Å². The van der Waals surface area contributed by atoms with Crippen LogP contribution in [-0.2, 0) is 4.79 Å². The van der Waals surface area contributed by atoms with Crippen LogP contribution >= 0.6 is 0 Å². The van der Waals surface area contributed by atoms with Gasteiger partial charge in [-0.05, 0) is 30.3 Å². The molecule has 0 aromatic heterocycles. The fourth-order valence-corrected chi connectivity index (χ4v) is 3.43. The van der Waals surface area contributed by atoms with Crippen molar-refractivity contribution in [3.8, 4) is 0 Å². The van der Waals surface area contributed by atoms with Gasteiger partial charge in [0, 0.05) is 63.0 Å². The number of carbonyl (C=O) groups is 3. The van der Waals surface area contributed by atoms with Crippen LogP contribution in [0.15, 0.2) is 42.5 Å². The van der Waals surface area contributed by atoms with Gasteiger partial charge >= 0.3 is 0 Å². The van der Waals surface area contributed by atoms with Crippen molar-refractivity contribution >= 4 is 34.8 Å². The molecule has 0 aliphatic carbocycles. The van der Waals surface area contributed by atoms with Gasteiger partial charge in [0.05, 0.1) is 4.92 Å². The van der Waals surface area contributed by atoms with Crippen LogP contribution in [0.2, 0.25) is 0 Å². The maximum Gasteiger partial charge on any atom is 0.293 e. The molecule has 0 spiro atoms. The van der Waals surface area contributed by atoms with Gasteiger partial charge in [-0.2, -0.15) is 0 Å². The number of rotatable bonds is 5. The van der Waals surface area contributed by atoms with E-state index in [1.165, 1.54) is 32.2 Å². The number of nitrogens with one attached hydrogen (secondary N) is 2. The number of anilines is 2. The van der Waals surface area contributed by atoms with Crippen molar-refractivity contribution in [3.63, 3.8) is 0 Å². The Morgan fingerprint density at radius 1 is 0.968 bits per heavy atom. The molecule has 162 valence electrons. The number of nitro benzene ring substituents is 1. The molecule has 2 aromatic carbocycles. The molecule has 1 saturated heterocycles. The summed E-state index contributed by atoms with van der Waals surface area (Å²) in [5.74, 6) is -0.840. The van der Waals surface area contributed by atoms with E-state index in [1.54, 1.807) is 29.2 Å². The van der Waals surface area contributed by atoms with Crippen LogP contribution in [0.1, 0.15) is 27.6 Å². The van der Waals surface area contributed by atoms with Gasteiger partial charge in [-0.25, -0.2) is 0 Å². The lowest BCUT2D eigenvalue weighted by atomic mass is 10.1. The summed E-state index contributed by atoms with van der Waals surface area (Å²) in [5.41, 5.74) is 1.14. The van der Waals surface area contributed by atoms with E-state index in [4.69, 9.17) is 0 Å². The largest absolute Gasteiger partial charge is 0.362 e. The normalized spacial score (nSPS) is 13.5. The highest BCUT2D eigenvalue weighted by molar-refractivity contribution is 6.06. The third kappa shape index (κ3) is 4.97. The van der Waals surface area contributed by atoms with Gasteiger partial charge in [0.1, 0.15) is 5.69 Å². The first-order valence-corrected chi connectivity index (χ1v) is 9.72. The van der Waals surface area contributed by atoms with E-state index in [2.05, 4.69) is 10.6 Å². The summed E-state index contributed by atoms with van der Waals surface area (Å²) in [5, 5.41) is 16.8. The van der Waals surface area contributed by atoms with Crippen LogP contribution < -0.4 is 15.5 Å². The van der Waals surface area contributed by atoms with E-state index in [0.717, 1.165) is 0 Å². The Hall–Kier alpha value is -3.95. The number of hydrogen-bond acceptors (Lipinski definition) is 6. The fraction of sp³-hybridized carbons (Fsp3) is 0.286. The molecule has 10 heteroatoms. The van der Waals surface area contributed by atoms with E-state index in [0.29, 0.717) is 43.1 Å². The minimum atomic E-state index is -0.523. The van der Waals surface area contributed by atoms with Gasteiger partial charge in [-0.3, -0.25) is 24.5 Å². The van der Waals surface area contributed by atoms with Crippen LogP contribution in [0, 0.1) is 10.1 Å². The maximum absolute atomic E-state index is 12.7. The van der Waals surface area contributed by atoms with Crippen LogP contribution in [0.4, 0.5) is 17.1 Å². The predicted octanol–water partition coefficient (Wildman–Crippen LogP) is 1.88. The molecule has 0 atom stereocenters.